The van der Waals surface area contributed by atoms with Gasteiger partial charge in [-0.25, -0.2) is 4.79 Å². The zero-order valence-electron chi connectivity index (χ0n) is 13.9. The van der Waals surface area contributed by atoms with Crippen LogP contribution in [0.1, 0.15) is 11.1 Å². The summed E-state index contributed by atoms with van der Waals surface area (Å²) in [6.07, 6.45) is 1.72. The van der Waals surface area contributed by atoms with Crippen molar-refractivity contribution in [3.63, 3.8) is 0 Å². The van der Waals surface area contributed by atoms with E-state index in [1.54, 1.807) is 55.7 Å². The number of allylic oxidation sites excluding steroid dienone is 1. The lowest BCUT2D eigenvalue weighted by atomic mass is 10.0. The highest BCUT2D eigenvalue weighted by atomic mass is 16.5. The van der Waals surface area contributed by atoms with Crippen LogP contribution in [0, 0.1) is 11.3 Å². The maximum atomic E-state index is 10.5. The Balaban J connectivity index is 2.25. The number of ether oxygens (including phenoxy) is 3. The van der Waals surface area contributed by atoms with Crippen LogP contribution in [0.25, 0.3) is 11.6 Å². The van der Waals surface area contributed by atoms with Gasteiger partial charge in [0.1, 0.15) is 5.75 Å². The number of carboxylic acids is 1. The van der Waals surface area contributed by atoms with Gasteiger partial charge in [0.2, 0.25) is 0 Å². The Kier molecular flexibility index (Phi) is 6.02. The lowest BCUT2D eigenvalue weighted by Gasteiger charge is -2.09. The zero-order chi connectivity index (χ0) is 18.2. The third kappa shape index (κ3) is 4.75. The molecule has 0 saturated heterocycles. The topological polar surface area (TPSA) is 88.8 Å². The van der Waals surface area contributed by atoms with Crippen molar-refractivity contribution in [3.05, 3.63) is 53.6 Å². The van der Waals surface area contributed by atoms with E-state index in [1.165, 1.54) is 7.11 Å². The first kappa shape index (κ1) is 17.9. The van der Waals surface area contributed by atoms with Gasteiger partial charge in [-0.05, 0) is 47.5 Å². The van der Waals surface area contributed by atoms with E-state index in [9.17, 15) is 10.1 Å². The van der Waals surface area contributed by atoms with E-state index in [0.717, 1.165) is 5.56 Å². The molecule has 0 atom stereocenters. The van der Waals surface area contributed by atoms with E-state index in [4.69, 9.17) is 19.3 Å². The molecule has 0 radical (unpaired) electrons. The van der Waals surface area contributed by atoms with Crippen LogP contribution in [0.5, 0.6) is 17.2 Å². The number of methoxy groups -OCH3 is 2. The number of nitrogens with zero attached hydrogens (tertiary/aromatic N) is 1. The quantitative estimate of drug-likeness (QED) is 0.615. The predicted molar refractivity (Wildman–Crippen MR) is 92.6 cm³/mol. The van der Waals surface area contributed by atoms with Crippen molar-refractivity contribution < 1.29 is 24.1 Å². The fraction of sp³-hybridized carbons (Fsp3) is 0.158. The van der Waals surface area contributed by atoms with Crippen molar-refractivity contribution in [2.24, 2.45) is 0 Å². The number of benzene rings is 2. The number of hydrogen-bond donors (Lipinski definition) is 1. The molecule has 1 N–H and O–H groups in total. The number of aliphatic carboxylic acids is 1. The first-order valence-electron chi connectivity index (χ1n) is 7.36. The van der Waals surface area contributed by atoms with Gasteiger partial charge in [0.15, 0.2) is 18.1 Å². The second kappa shape index (κ2) is 8.41. The molecule has 0 aliphatic rings. The fourth-order valence-corrected chi connectivity index (χ4v) is 2.16. The van der Waals surface area contributed by atoms with Crippen LogP contribution < -0.4 is 14.2 Å². The number of carbonyl (C=O) groups is 1. The van der Waals surface area contributed by atoms with Crippen LogP contribution in [-0.4, -0.2) is 31.9 Å². The molecule has 0 aliphatic heterocycles. The molecular formula is C19H17NO5. The number of hydrogen-bond acceptors (Lipinski definition) is 5. The van der Waals surface area contributed by atoms with E-state index in [-0.39, 0.29) is 0 Å². The molecule has 0 heterocycles. The minimum atomic E-state index is -1.04. The van der Waals surface area contributed by atoms with Crippen LogP contribution in [0.3, 0.4) is 0 Å². The van der Waals surface area contributed by atoms with Crippen molar-refractivity contribution >= 4 is 17.6 Å². The second-order valence-electron chi connectivity index (χ2n) is 4.99. The molecule has 2 aromatic rings. The summed E-state index contributed by atoms with van der Waals surface area (Å²) in [6.45, 7) is -0.399. The van der Waals surface area contributed by atoms with E-state index in [0.29, 0.717) is 28.4 Å². The van der Waals surface area contributed by atoms with Gasteiger partial charge in [-0.15, -0.1) is 0 Å². The Morgan fingerprint density at radius 2 is 1.80 bits per heavy atom. The third-order valence-corrected chi connectivity index (χ3v) is 3.37. The molecule has 2 aromatic carbocycles. The highest BCUT2D eigenvalue weighted by Crippen LogP contribution is 2.31. The van der Waals surface area contributed by atoms with Crippen molar-refractivity contribution in [1.82, 2.24) is 0 Å². The number of carboxylic acid groups (broad SMARTS) is 1. The van der Waals surface area contributed by atoms with Crippen molar-refractivity contribution in [3.8, 4) is 23.3 Å². The van der Waals surface area contributed by atoms with E-state index in [2.05, 4.69) is 6.07 Å². The van der Waals surface area contributed by atoms with Gasteiger partial charge in [0.05, 0.1) is 25.9 Å². The Labute approximate surface area is 145 Å². The molecule has 0 bridgehead atoms. The average Bonchev–Trinajstić information content (AvgIpc) is 2.64. The smallest absolute Gasteiger partial charge is 0.341 e. The Hall–Kier alpha value is -3.46. The SMILES string of the molecule is COc1ccc(/C(C#N)=C/c2ccc(OCC(=O)O)cc2)cc1OC. The molecule has 2 rings (SSSR count). The highest BCUT2D eigenvalue weighted by Gasteiger charge is 2.08. The van der Waals surface area contributed by atoms with Gasteiger partial charge >= 0.3 is 5.97 Å². The van der Waals surface area contributed by atoms with Gasteiger partial charge in [-0.3, -0.25) is 0 Å². The summed E-state index contributed by atoms with van der Waals surface area (Å²) in [5.74, 6) is 0.537. The minimum absolute atomic E-state index is 0.399. The van der Waals surface area contributed by atoms with Gasteiger partial charge in [-0.2, -0.15) is 5.26 Å². The molecule has 0 unspecified atom stereocenters. The molecule has 6 nitrogen and oxygen atoms in total. The Morgan fingerprint density at radius 1 is 1.12 bits per heavy atom. The molecule has 0 aliphatic carbocycles. The molecular weight excluding hydrogens is 322 g/mol. The van der Waals surface area contributed by atoms with Crippen LogP contribution in [-0.2, 0) is 4.79 Å². The highest BCUT2D eigenvalue weighted by molar-refractivity contribution is 5.90. The Morgan fingerprint density at radius 3 is 2.36 bits per heavy atom. The first-order chi connectivity index (χ1) is 12.1. The zero-order valence-corrected chi connectivity index (χ0v) is 13.9. The maximum absolute atomic E-state index is 10.5. The first-order valence-corrected chi connectivity index (χ1v) is 7.36. The molecule has 6 heteroatoms. The Bertz CT molecular complexity index is 819. The summed E-state index contributed by atoms with van der Waals surface area (Å²) in [6, 6.07) is 14.2. The molecule has 0 amide bonds. The summed E-state index contributed by atoms with van der Waals surface area (Å²) in [5.41, 5.74) is 1.94. The molecule has 0 saturated carbocycles. The maximum Gasteiger partial charge on any atom is 0.341 e. The summed E-state index contributed by atoms with van der Waals surface area (Å²) in [7, 11) is 3.08. The van der Waals surface area contributed by atoms with E-state index in [1.807, 2.05) is 0 Å². The predicted octanol–water partition coefficient (Wildman–Crippen LogP) is 3.23. The summed E-state index contributed by atoms with van der Waals surface area (Å²) in [4.78, 5) is 10.5. The molecule has 0 aromatic heterocycles. The monoisotopic (exact) mass is 339 g/mol. The molecule has 0 fully saturated rings. The van der Waals surface area contributed by atoms with Crippen LogP contribution in [0.15, 0.2) is 42.5 Å². The third-order valence-electron chi connectivity index (χ3n) is 3.37. The fourth-order valence-electron chi connectivity index (χ4n) is 2.16. The standard InChI is InChI=1S/C19H17NO5/c1-23-17-8-5-14(10-18(17)24-2)15(11-20)9-13-3-6-16(7-4-13)25-12-19(21)22/h3-10H,12H2,1-2H3,(H,21,22)/b15-9+. The van der Waals surface area contributed by atoms with Gasteiger partial charge < -0.3 is 19.3 Å². The lowest BCUT2D eigenvalue weighted by Crippen LogP contribution is -2.09. The van der Waals surface area contributed by atoms with E-state index >= 15 is 0 Å². The lowest BCUT2D eigenvalue weighted by molar-refractivity contribution is -0.139. The van der Waals surface area contributed by atoms with Crippen LogP contribution in [0.2, 0.25) is 0 Å². The summed E-state index contributed by atoms with van der Waals surface area (Å²) >= 11 is 0. The normalized spacial score (nSPS) is 10.7. The van der Waals surface area contributed by atoms with Crippen molar-refractivity contribution in [2.45, 2.75) is 0 Å². The molecule has 25 heavy (non-hydrogen) atoms. The summed E-state index contributed by atoms with van der Waals surface area (Å²) < 4.78 is 15.5. The van der Waals surface area contributed by atoms with E-state index < -0.39 is 12.6 Å². The largest absolute Gasteiger partial charge is 0.493 e. The van der Waals surface area contributed by atoms with Crippen LogP contribution >= 0.6 is 0 Å². The number of nitriles is 1. The average molecular weight is 339 g/mol. The molecule has 0 spiro atoms. The summed E-state index contributed by atoms with van der Waals surface area (Å²) in [5, 5.41) is 18.0. The van der Waals surface area contributed by atoms with Crippen LogP contribution in [0.4, 0.5) is 0 Å². The number of rotatable bonds is 7. The van der Waals surface area contributed by atoms with Gasteiger partial charge in [0.25, 0.3) is 0 Å². The van der Waals surface area contributed by atoms with Gasteiger partial charge in [0, 0.05) is 0 Å². The van der Waals surface area contributed by atoms with Gasteiger partial charge in [-0.1, -0.05) is 12.1 Å². The van der Waals surface area contributed by atoms with Crippen molar-refractivity contribution in [2.75, 3.05) is 20.8 Å². The minimum Gasteiger partial charge on any atom is -0.493 e. The van der Waals surface area contributed by atoms with Crippen molar-refractivity contribution in [1.29, 1.82) is 5.26 Å². The molecule has 128 valence electrons. The second-order valence-corrected chi connectivity index (χ2v) is 4.99.